The zero-order valence-corrected chi connectivity index (χ0v) is 14.5. The third-order valence-corrected chi connectivity index (χ3v) is 4.64. The highest BCUT2D eigenvalue weighted by atomic mass is 32.2. The van der Waals surface area contributed by atoms with Gasteiger partial charge in [0.15, 0.2) is 5.16 Å². The molecule has 1 aromatic carbocycles. The second kappa shape index (κ2) is 8.02. The number of aromatic nitrogens is 4. The average molecular weight is 356 g/mol. The minimum Gasteiger partial charge on any atom is -0.301 e. The summed E-state index contributed by atoms with van der Waals surface area (Å²) in [7, 11) is 0. The highest BCUT2D eigenvalue weighted by molar-refractivity contribution is 7.98. The van der Waals surface area contributed by atoms with E-state index in [4.69, 9.17) is 0 Å². The maximum Gasteiger partial charge on any atom is 0.255 e. The minimum absolute atomic E-state index is 0.141. The van der Waals surface area contributed by atoms with E-state index >= 15 is 0 Å². The Labute approximate surface area is 148 Å². The van der Waals surface area contributed by atoms with Gasteiger partial charge < -0.3 is 4.98 Å². The normalized spacial score (nSPS) is 10.8. The SMILES string of the molecule is CCc1nc(SCc2ccc(F)cc2)[nH]c(=O)c1Cc1cncnc1. The van der Waals surface area contributed by atoms with Crippen molar-refractivity contribution in [3.05, 3.63) is 81.5 Å². The summed E-state index contributed by atoms with van der Waals surface area (Å²) in [4.78, 5) is 27.8. The van der Waals surface area contributed by atoms with Crippen LogP contribution in [0.15, 0.2) is 52.9 Å². The number of hydrogen-bond acceptors (Lipinski definition) is 5. The summed E-state index contributed by atoms with van der Waals surface area (Å²) in [6.07, 6.45) is 5.97. The molecule has 0 aliphatic rings. The lowest BCUT2D eigenvalue weighted by Crippen LogP contribution is -2.19. The van der Waals surface area contributed by atoms with Crippen LogP contribution in [0.3, 0.4) is 0 Å². The maximum absolute atomic E-state index is 12.9. The van der Waals surface area contributed by atoms with Crippen molar-refractivity contribution in [2.75, 3.05) is 0 Å². The van der Waals surface area contributed by atoms with E-state index in [0.29, 0.717) is 29.3 Å². The van der Waals surface area contributed by atoms with E-state index in [9.17, 15) is 9.18 Å². The summed E-state index contributed by atoms with van der Waals surface area (Å²) in [5, 5.41) is 0.569. The average Bonchev–Trinajstić information content (AvgIpc) is 2.64. The van der Waals surface area contributed by atoms with Crippen molar-refractivity contribution in [3.63, 3.8) is 0 Å². The molecule has 3 rings (SSSR count). The predicted molar refractivity (Wildman–Crippen MR) is 95.0 cm³/mol. The van der Waals surface area contributed by atoms with E-state index in [0.717, 1.165) is 16.8 Å². The first-order valence-corrected chi connectivity index (χ1v) is 8.87. The molecule has 0 aliphatic heterocycles. The molecule has 25 heavy (non-hydrogen) atoms. The van der Waals surface area contributed by atoms with Gasteiger partial charge >= 0.3 is 0 Å². The Morgan fingerprint density at radius 2 is 1.84 bits per heavy atom. The van der Waals surface area contributed by atoms with E-state index in [-0.39, 0.29) is 11.4 Å². The first-order valence-electron chi connectivity index (χ1n) is 7.89. The molecule has 0 atom stereocenters. The fourth-order valence-electron chi connectivity index (χ4n) is 2.42. The summed E-state index contributed by atoms with van der Waals surface area (Å²) >= 11 is 1.42. The number of nitrogens with one attached hydrogen (secondary N) is 1. The van der Waals surface area contributed by atoms with E-state index in [1.54, 1.807) is 24.5 Å². The zero-order chi connectivity index (χ0) is 17.6. The van der Waals surface area contributed by atoms with Gasteiger partial charge in [-0.1, -0.05) is 30.8 Å². The Hall–Kier alpha value is -2.54. The second-order valence-electron chi connectivity index (χ2n) is 5.49. The van der Waals surface area contributed by atoms with Crippen molar-refractivity contribution in [3.8, 4) is 0 Å². The number of thioether (sulfide) groups is 1. The lowest BCUT2D eigenvalue weighted by Gasteiger charge is -2.09. The molecule has 0 bridgehead atoms. The van der Waals surface area contributed by atoms with Gasteiger partial charge in [-0.15, -0.1) is 0 Å². The molecular formula is C18H17FN4OS. The maximum atomic E-state index is 12.9. The first kappa shape index (κ1) is 17.3. The van der Waals surface area contributed by atoms with Gasteiger partial charge in [-0.05, 0) is 29.7 Å². The Kier molecular flexibility index (Phi) is 5.55. The molecule has 5 nitrogen and oxygen atoms in total. The van der Waals surface area contributed by atoms with Crippen molar-refractivity contribution < 1.29 is 4.39 Å². The van der Waals surface area contributed by atoms with Crippen molar-refractivity contribution in [2.24, 2.45) is 0 Å². The lowest BCUT2D eigenvalue weighted by atomic mass is 10.1. The van der Waals surface area contributed by atoms with Crippen LogP contribution in [0.25, 0.3) is 0 Å². The van der Waals surface area contributed by atoms with Gasteiger partial charge in [0.1, 0.15) is 12.1 Å². The van der Waals surface area contributed by atoms with Crippen molar-refractivity contribution >= 4 is 11.8 Å². The predicted octanol–water partition coefficient (Wildman–Crippen LogP) is 3.14. The molecule has 0 saturated heterocycles. The summed E-state index contributed by atoms with van der Waals surface area (Å²) in [6.45, 7) is 1.97. The molecule has 0 radical (unpaired) electrons. The molecule has 2 heterocycles. The van der Waals surface area contributed by atoms with Crippen molar-refractivity contribution in [2.45, 2.75) is 30.7 Å². The number of aryl methyl sites for hydroxylation is 1. The summed E-state index contributed by atoms with van der Waals surface area (Å²) < 4.78 is 12.9. The number of halogens is 1. The number of aromatic amines is 1. The van der Waals surface area contributed by atoms with Crippen LogP contribution in [-0.4, -0.2) is 19.9 Å². The minimum atomic E-state index is -0.261. The molecule has 0 saturated carbocycles. The lowest BCUT2D eigenvalue weighted by molar-refractivity contribution is 0.627. The van der Waals surface area contributed by atoms with Gasteiger partial charge in [-0.25, -0.2) is 19.3 Å². The van der Waals surface area contributed by atoms with Gasteiger partial charge in [-0.2, -0.15) is 0 Å². The van der Waals surface area contributed by atoms with Gasteiger partial charge in [0.2, 0.25) is 0 Å². The fraction of sp³-hybridized carbons (Fsp3) is 0.222. The van der Waals surface area contributed by atoms with Crippen LogP contribution in [-0.2, 0) is 18.6 Å². The van der Waals surface area contributed by atoms with Crippen LogP contribution in [0.2, 0.25) is 0 Å². The van der Waals surface area contributed by atoms with E-state index < -0.39 is 0 Å². The third-order valence-electron chi connectivity index (χ3n) is 3.70. The summed E-state index contributed by atoms with van der Waals surface area (Å²) in [5.74, 6) is 0.348. The molecule has 0 fully saturated rings. The third kappa shape index (κ3) is 4.51. The highest BCUT2D eigenvalue weighted by Gasteiger charge is 2.12. The second-order valence-corrected chi connectivity index (χ2v) is 6.45. The van der Waals surface area contributed by atoms with Gasteiger partial charge in [0.25, 0.3) is 5.56 Å². The summed E-state index contributed by atoms with van der Waals surface area (Å²) in [5.41, 5.74) is 3.11. The summed E-state index contributed by atoms with van der Waals surface area (Å²) in [6, 6.07) is 6.30. The molecule has 2 aromatic heterocycles. The molecule has 7 heteroatoms. The topological polar surface area (TPSA) is 71.5 Å². The van der Waals surface area contributed by atoms with Crippen LogP contribution in [0.4, 0.5) is 4.39 Å². The van der Waals surface area contributed by atoms with Crippen LogP contribution >= 0.6 is 11.8 Å². The molecular weight excluding hydrogens is 339 g/mol. The first-order chi connectivity index (χ1) is 12.2. The Bertz CT molecular complexity index is 897. The number of nitrogens with zero attached hydrogens (tertiary/aromatic N) is 3. The van der Waals surface area contributed by atoms with Gasteiger partial charge in [0.05, 0.1) is 5.69 Å². The standard InChI is InChI=1S/C18H17FN4OS/c1-2-16-15(7-13-8-20-11-21-9-13)17(24)23-18(22-16)25-10-12-3-5-14(19)6-4-12/h3-6,8-9,11H,2,7,10H2,1H3,(H,22,23,24). The van der Waals surface area contributed by atoms with E-state index in [1.165, 1.54) is 30.2 Å². The van der Waals surface area contributed by atoms with Crippen molar-refractivity contribution in [1.82, 2.24) is 19.9 Å². The molecule has 128 valence electrons. The number of hydrogen-bond donors (Lipinski definition) is 1. The number of rotatable bonds is 6. The molecule has 0 spiro atoms. The van der Waals surface area contributed by atoms with Crippen LogP contribution in [0.1, 0.15) is 29.3 Å². The van der Waals surface area contributed by atoms with Gasteiger partial charge in [0, 0.05) is 30.1 Å². The van der Waals surface area contributed by atoms with Crippen LogP contribution < -0.4 is 5.56 Å². The molecule has 0 amide bonds. The molecule has 0 unspecified atom stereocenters. The monoisotopic (exact) mass is 356 g/mol. The largest absolute Gasteiger partial charge is 0.301 e. The Morgan fingerprint density at radius 1 is 1.12 bits per heavy atom. The molecule has 3 aromatic rings. The van der Waals surface area contributed by atoms with E-state index in [2.05, 4.69) is 19.9 Å². The fourth-order valence-corrected chi connectivity index (χ4v) is 3.26. The highest BCUT2D eigenvalue weighted by Crippen LogP contribution is 2.20. The van der Waals surface area contributed by atoms with Crippen LogP contribution in [0, 0.1) is 5.82 Å². The van der Waals surface area contributed by atoms with Crippen molar-refractivity contribution in [1.29, 1.82) is 0 Å². The van der Waals surface area contributed by atoms with Gasteiger partial charge in [-0.3, -0.25) is 4.79 Å². The Balaban J connectivity index is 1.79. The van der Waals surface area contributed by atoms with Crippen LogP contribution in [0.5, 0.6) is 0 Å². The van der Waals surface area contributed by atoms with E-state index in [1.807, 2.05) is 6.92 Å². The number of benzene rings is 1. The number of H-pyrrole nitrogens is 1. The quantitative estimate of drug-likeness (QED) is 0.543. The smallest absolute Gasteiger partial charge is 0.255 e. The zero-order valence-electron chi connectivity index (χ0n) is 13.7. The molecule has 1 N–H and O–H groups in total. The molecule has 0 aliphatic carbocycles. The Morgan fingerprint density at radius 3 is 2.52 bits per heavy atom.